The average molecular weight is 290 g/mol. The molecule has 2 aromatic heterocycles. The standard InChI is InChI=1S/C12H18N8O/c1-12(2)6-21-5-4-19(12)10-16-9(13-3)17-11(18-10)20-8-14-7-15-20/h7-8H,4-6H2,1-3H3,(H,13,16,17,18). The Morgan fingerprint density at radius 2 is 2.05 bits per heavy atom. The zero-order valence-electron chi connectivity index (χ0n) is 12.3. The minimum atomic E-state index is -0.176. The number of morpholine rings is 1. The van der Waals surface area contributed by atoms with E-state index >= 15 is 0 Å². The van der Waals surface area contributed by atoms with Crippen molar-refractivity contribution in [2.45, 2.75) is 19.4 Å². The Hall–Kier alpha value is -2.29. The fourth-order valence-electron chi connectivity index (χ4n) is 2.23. The van der Waals surface area contributed by atoms with E-state index in [0.717, 1.165) is 6.54 Å². The molecule has 1 N–H and O–H groups in total. The van der Waals surface area contributed by atoms with Crippen molar-refractivity contribution in [1.82, 2.24) is 29.7 Å². The van der Waals surface area contributed by atoms with Crippen LogP contribution < -0.4 is 10.2 Å². The van der Waals surface area contributed by atoms with Crippen LogP contribution in [0.25, 0.3) is 5.95 Å². The summed E-state index contributed by atoms with van der Waals surface area (Å²) in [5.74, 6) is 1.53. The highest BCUT2D eigenvalue weighted by molar-refractivity contribution is 5.42. The lowest BCUT2D eigenvalue weighted by Gasteiger charge is -2.42. The lowest BCUT2D eigenvalue weighted by molar-refractivity contribution is 0.0633. The summed E-state index contributed by atoms with van der Waals surface area (Å²) in [4.78, 5) is 19.3. The Labute approximate surface area is 122 Å². The lowest BCUT2D eigenvalue weighted by Crippen LogP contribution is -2.54. The van der Waals surface area contributed by atoms with Crippen LogP contribution >= 0.6 is 0 Å². The van der Waals surface area contributed by atoms with E-state index in [1.807, 2.05) is 0 Å². The van der Waals surface area contributed by atoms with Crippen LogP contribution in [0.5, 0.6) is 0 Å². The monoisotopic (exact) mass is 290 g/mol. The summed E-state index contributed by atoms with van der Waals surface area (Å²) in [5.41, 5.74) is -0.176. The van der Waals surface area contributed by atoms with Crippen LogP contribution in [0.2, 0.25) is 0 Å². The number of nitrogens with one attached hydrogen (secondary N) is 1. The van der Waals surface area contributed by atoms with Crippen molar-refractivity contribution >= 4 is 11.9 Å². The second-order valence-electron chi connectivity index (χ2n) is 5.37. The fraction of sp³-hybridized carbons (Fsp3) is 0.583. The summed E-state index contributed by atoms with van der Waals surface area (Å²) in [5, 5.41) is 7.02. The molecule has 1 fully saturated rings. The molecule has 0 atom stereocenters. The topological polar surface area (TPSA) is 93.9 Å². The van der Waals surface area contributed by atoms with Gasteiger partial charge in [-0.2, -0.15) is 24.7 Å². The first kappa shape index (κ1) is 13.7. The number of rotatable bonds is 3. The SMILES string of the molecule is CNc1nc(N2CCOCC2(C)C)nc(-n2cncn2)n1. The van der Waals surface area contributed by atoms with Gasteiger partial charge in [-0.15, -0.1) is 0 Å². The maximum atomic E-state index is 5.54. The maximum Gasteiger partial charge on any atom is 0.258 e. The number of aromatic nitrogens is 6. The maximum absolute atomic E-state index is 5.54. The van der Waals surface area contributed by atoms with Gasteiger partial charge in [-0.3, -0.25) is 0 Å². The third-order valence-corrected chi connectivity index (χ3v) is 3.35. The highest BCUT2D eigenvalue weighted by Gasteiger charge is 2.33. The summed E-state index contributed by atoms with van der Waals surface area (Å²) in [6, 6.07) is 0. The molecule has 0 spiro atoms. The highest BCUT2D eigenvalue weighted by atomic mass is 16.5. The molecule has 0 radical (unpaired) electrons. The zero-order chi connectivity index (χ0) is 14.9. The summed E-state index contributed by atoms with van der Waals surface area (Å²) < 4.78 is 7.05. The molecule has 0 amide bonds. The predicted octanol–water partition coefficient (Wildman–Crippen LogP) is 0.109. The molecule has 1 aliphatic heterocycles. The van der Waals surface area contributed by atoms with Gasteiger partial charge in [0.25, 0.3) is 5.95 Å². The number of anilines is 2. The van der Waals surface area contributed by atoms with E-state index in [4.69, 9.17) is 4.74 Å². The van der Waals surface area contributed by atoms with E-state index < -0.39 is 0 Å². The Morgan fingerprint density at radius 1 is 1.24 bits per heavy atom. The zero-order valence-corrected chi connectivity index (χ0v) is 12.3. The second kappa shape index (κ2) is 5.24. The minimum absolute atomic E-state index is 0.176. The van der Waals surface area contributed by atoms with Crippen LogP contribution in [0.4, 0.5) is 11.9 Å². The fourth-order valence-corrected chi connectivity index (χ4v) is 2.23. The first-order valence-corrected chi connectivity index (χ1v) is 6.74. The molecule has 1 aliphatic rings. The van der Waals surface area contributed by atoms with Gasteiger partial charge in [0, 0.05) is 13.6 Å². The van der Waals surface area contributed by atoms with Crippen molar-refractivity contribution in [2.75, 3.05) is 37.0 Å². The summed E-state index contributed by atoms with van der Waals surface area (Å²) in [6.07, 6.45) is 3.00. The minimum Gasteiger partial charge on any atom is -0.377 e. The van der Waals surface area contributed by atoms with Crippen LogP contribution in [0.15, 0.2) is 12.7 Å². The predicted molar refractivity (Wildman–Crippen MR) is 76.5 cm³/mol. The Morgan fingerprint density at radius 3 is 2.71 bits per heavy atom. The van der Waals surface area contributed by atoms with Gasteiger partial charge in [0.2, 0.25) is 11.9 Å². The molecule has 0 aliphatic carbocycles. The molecule has 0 bridgehead atoms. The largest absolute Gasteiger partial charge is 0.377 e. The smallest absolute Gasteiger partial charge is 0.258 e. The highest BCUT2D eigenvalue weighted by Crippen LogP contribution is 2.24. The van der Waals surface area contributed by atoms with Crippen molar-refractivity contribution < 1.29 is 4.74 Å². The van der Waals surface area contributed by atoms with E-state index in [2.05, 4.69) is 49.1 Å². The molecule has 0 unspecified atom stereocenters. The van der Waals surface area contributed by atoms with Crippen LogP contribution in [-0.4, -0.2) is 62.1 Å². The molecule has 112 valence electrons. The third kappa shape index (κ3) is 2.64. The Bertz CT molecular complexity index is 612. The quantitative estimate of drug-likeness (QED) is 0.851. The molecule has 21 heavy (non-hydrogen) atoms. The summed E-state index contributed by atoms with van der Waals surface area (Å²) >= 11 is 0. The van der Waals surface area contributed by atoms with E-state index in [0.29, 0.717) is 31.1 Å². The molecule has 3 heterocycles. The van der Waals surface area contributed by atoms with E-state index in [1.54, 1.807) is 13.4 Å². The Kier molecular flexibility index (Phi) is 3.42. The van der Waals surface area contributed by atoms with E-state index in [-0.39, 0.29) is 5.54 Å². The summed E-state index contributed by atoms with van der Waals surface area (Å²) in [7, 11) is 1.77. The van der Waals surface area contributed by atoms with Gasteiger partial charge in [0.15, 0.2) is 0 Å². The number of hydrogen-bond donors (Lipinski definition) is 1. The first-order chi connectivity index (χ1) is 10.1. The van der Waals surface area contributed by atoms with Gasteiger partial charge in [0.1, 0.15) is 12.7 Å². The van der Waals surface area contributed by atoms with Gasteiger partial charge in [0.05, 0.1) is 18.8 Å². The van der Waals surface area contributed by atoms with Crippen molar-refractivity contribution in [3.05, 3.63) is 12.7 Å². The van der Waals surface area contributed by atoms with E-state index in [9.17, 15) is 0 Å². The van der Waals surface area contributed by atoms with Gasteiger partial charge < -0.3 is 15.0 Å². The van der Waals surface area contributed by atoms with Gasteiger partial charge >= 0.3 is 0 Å². The average Bonchev–Trinajstić information content (AvgIpc) is 3.00. The van der Waals surface area contributed by atoms with Crippen molar-refractivity contribution in [1.29, 1.82) is 0 Å². The first-order valence-electron chi connectivity index (χ1n) is 6.74. The van der Waals surface area contributed by atoms with Crippen LogP contribution in [-0.2, 0) is 4.74 Å². The molecule has 9 heteroatoms. The molecule has 3 rings (SSSR count). The number of ether oxygens (including phenoxy) is 1. The molecule has 9 nitrogen and oxygen atoms in total. The number of nitrogens with zero attached hydrogens (tertiary/aromatic N) is 7. The van der Waals surface area contributed by atoms with Crippen molar-refractivity contribution in [3.63, 3.8) is 0 Å². The van der Waals surface area contributed by atoms with Gasteiger partial charge in [-0.1, -0.05) is 0 Å². The molecule has 1 saturated heterocycles. The van der Waals surface area contributed by atoms with Crippen LogP contribution in [0, 0.1) is 0 Å². The summed E-state index contributed by atoms with van der Waals surface area (Å²) in [6.45, 7) is 6.22. The Balaban J connectivity index is 2.03. The molecule has 2 aromatic rings. The normalized spacial score (nSPS) is 17.8. The molecular formula is C12H18N8O. The lowest BCUT2D eigenvalue weighted by atomic mass is 10.0. The van der Waals surface area contributed by atoms with Crippen LogP contribution in [0.1, 0.15) is 13.8 Å². The van der Waals surface area contributed by atoms with Crippen molar-refractivity contribution in [3.8, 4) is 5.95 Å². The second-order valence-corrected chi connectivity index (χ2v) is 5.37. The van der Waals surface area contributed by atoms with Gasteiger partial charge in [-0.05, 0) is 13.8 Å². The van der Waals surface area contributed by atoms with Crippen molar-refractivity contribution in [2.24, 2.45) is 0 Å². The molecule has 0 aromatic carbocycles. The molecule has 0 saturated carbocycles. The third-order valence-electron chi connectivity index (χ3n) is 3.35. The van der Waals surface area contributed by atoms with E-state index in [1.165, 1.54) is 11.0 Å². The molecular weight excluding hydrogens is 272 g/mol. The van der Waals surface area contributed by atoms with Gasteiger partial charge in [-0.25, -0.2) is 4.98 Å². The van der Waals surface area contributed by atoms with Crippen LogP contribution in [0.3, 0.4) is 0 Å². The number of hydrogen-bond acceptors (Lipinski definition) is 8.